The van der Waals surface area contributed by atoms with E-state index in [1.54, 1.807) is 0 Å². The Balaban J connectivity index is 1.53. The van der Waals surface area contributed by atoms with Crippen molar-refractivity contribution < 1.29 is 9.84 Å². The highest BCUT2D eigenvalue weighted by Gasteiger charge is 2.28. The maximum atomic E-state index is 10.7. The van der Waals surface area contributed by atoms with Gasteiger partial charge in [0.1, 0.15) is 18.6 Å². The van der Waals surface area contributed by atoms with Gasteiger partial charge in [-0.2, -0.15) is 5.10 Å². The zero-order chi connectivity index (χ0) is 19.3. The highest BCUT2D eigenvalue weighted by Crippen LogP contribution is 2.30. The number of rotatable bonds is 7. The van der Waals surface area contributed by atoms with Crippen molar-refractivity contribution >= 4 is 0 Å². The molecule has 1 atom stereocenters. The Morgan fingerprint density at radius 2 is 1.79 bits per heavy atom. The summed E-state index contributed by atoms with van der Waals surface area (Å²) in [5.41, 5.74) is 4.69. The summed E-state index contributed by atoms with van der Waals surface area (Å²) in [6.45, 7) is 4.84. The third kappa shape index (κ3) is 3.96. The van der Waals surface area contributed by atoms with Gasteiger partial charge in [0.2, 0.25) is 0 Å². The number of nitrogens with zero attached hydrogens (tertiary/aromatic N) is 3. The molecule has 5 heteroatoms. The standard InChI is InChI=1S/C23H27N3O2/c1-2-14-26-21-13-15-25(22(27)17-28-19-11-7-4-8-12-19)16-20(21)23(24-26)18-9-5-3-6-10-18/h3-12,22,27H,2,13-17H2,1H3. The molecule has 0 aliphatic carbocycles. The van der Waals surface area contributed by atoms with E-state index in [0.29, 0.717) is 6.54 Å². The molecule has 0 radical (unpaired) electrons. The van der Waals surface area contributed by atoms with Crippen LogP contribution in [0.4, 0.5) is 0 Å². The van der Waals surface area contributed by atoms with Gasteiger partial charge in [-0.1, -0.05) is 55.5 Å². The van der Waals surface area contributed by atoms with E-state index >= 15 is 0 Å². The van der Waals surface area contributed by atoms with Gasteiger partial charge >= 0.3 is 0 Å². The van der Waals surface area contributed by atoms with Crippen LogP contribution in [0.1, 0.15) is 24.6 Å². The summed E-state index contributed by atoms with van der Waals surface area (Å²) >= 11 is 0. The fourth-order valence-corrected chi connectivity index (χ4v) is 3.78. The lowest BCUT2D eigenvalue weighted by Gasteiger charge is -2.31. The van der Waals surface area contributed by atoms with Gasteiger partial charge < -0.3 is 9.84 Å². The molecule has 0 spiro atoms. The minimum atomic E-state index is -0.647. The molecule has 1 aliphatic rings. The quantitative estimate of drug-likeness (QED) is 0.682. The van der Waals surface area contributed by atoms with E-state index in [1.807, 2.05) is 48.5 Å². The fraction of sp³-hybridized carbons (Fsp3) is 0.348. The average molecular weight is 377 g/mol. The maximum absolute atomic E-state index is 10.7. The topological polar surface area (TPSA) is 50.5 Å². The lowest BCUT2D eigenvalue weighted by Crippen LogP contribution is -2.42. The SMILES string of the molecule is CCCn1nc(-c2ccccc2)c2c1CCN(C(O)COc1ccccc1)C2. The predicted molar refractivity (Wildman–Crippen MR) is 110 cm³/mol. The molecule has 0 saturated carbocycles. The first-order valence-electron chi connectivity index (χ1n) is 10.00. The second-order valence-corrected chi connectivity index (χ2v) is 7.19. The van der Waals surface area contributed by atoms with Crippen molar-refractivity contribution in [2.75, 3.05) is 13.2 Å². The van der Waals surface area contributed by atoms with Crippen molar-refractivity contribution in [1.82, 2.24) is 14.7 Å². The normalized spacial score (nSPS) is 15.2. The van der Waals surface area contributed by atoms with E-state index in [-0.39, 0.29) is 6.61 Å². The molecule has 1 unspecified atom stereocenters. The number of aliphatic hydroxyl groups is 1. The molecule has 1 aromatic heterocycles. The van der Waals surface area contributed by atoms with Crippen molar-refractivity contribution in [3.05, 3.63) is 71.9 Å². The smallest absolute Gasteiger partial charge is 0.142 e. The number of hydrogen-bond acceptors (Lipinski definition) is 4. The first-order valence-corrected chi connectivity index (χ1v) is 10.00. The second-order valence-electron chi connectivity index (χ2n) is 7.19. The van der Waals surface area contributed by atoms with E-state index in [0.717, 1.165) is 42.9 Å². The Bertz CT molecular complexity index is 893. The number of fused-ring (bicyclic) bond motifs is 1. The summed E-state index contributed by atoms with van der Waals surface area (Å²) in [6, 6.07) is 20.0. The van der Waals surface area contributed by atoms with Crippen LogP contribution >= 0.6 is 0 Å². The molecular weight excluding hydrogens is 350 g/mol. The monoisotopic (exact) mass is 377 g/mol. The highest BCUT2D eigenvalue weighted by molar-refractivity contribution is 5.64. The fourth-order valence-electron chi connectivity index (χ4n) is 3.78. The minimum absolute atomic E-state index is 0.253. The second kappa shape index (κ2) is 8.59. The summed E-state index contributed by atoms with van der Waals surface area (Å²) in [4.78, 5) is 2.08. The van der Waals surface area contributed by atoms with Gasteiger partial charge in [0.15, 0.2) is 0 Å². The largest absolute Gasteiger partial charge is 0.489 e. The number of ether oxygens (including phenoxy) is 1. The van der Waals surface area contributed by atoms with Crippen LogP contribution in [0.25, 0.3) is 11.3 Å². The summed E-state index contributed by atoms with van der Waals surface area (Å²) in [7, 11) is 0. The molecule has 2 aromatic carbocycles. The molecule has 0 saturated heterocycles. The maximum Gasteiger partial charge on any atom is 0.142 e. The minimum Gasteiger partial charge on any atom is -0.489 e. The van der Waals surface area contributed by atoms with E-state index in [2.05, 4.69) is 28.6 Å². The molecule has 0 amide bonds. The first-order chi connectivity index (χ1) is 13.8. The molecule has 1 aliphatic heterocycles. The zero-order valence-electron chi connectivity index (χ0n) is 16.3. The van der Waals surface area contributed by atoms with Gasteiger partial charge in [0, 0.05) is 42.9 Å². The van der Waals surface area contributed by atoms with E-state index < -0.39 is 6.23 Å². The zero-order valence-corrected chi connectivity index (χ0v) is 16.3. The van der Waals surface area contributed by atoms with Crippen molar-refractivity contribution in [1.29, 1.82) is 0 Å². The Kier molecular flexibility index (Phi) is 5.74. The van der Waals surface area contributed by atoms with Crippen LogP contribution < -0.4 is 4.74 Å². The number of benzene rings is 2. The Hall–Kier alpha value is -2.63. The predicted octanol–water partition coefficient (Wildman–Crippen LogP) is 3.72. The molecule has 28 heavy (non-hydrogen) atoms. The Labute approximate surface area is 166 Å². The summed E-state index contributed by atoms with van der Waals surface area (Å²) < 4.78 is 7.91. The Morgan fingerprint density at radius 1 is 1.07 bits per heavy atom. The Morgan fingerprint density at radius 3 is 2.50 bits per heavy atom. The summed E-state index contributed by atoms with van der Waals surface area (Å²) in [5.74, 6) is 0.778. The third-order valence-corrected chi connectivity index (χ3v) is 5.21. The van der Waals surface area contributed by atoms with Crippen LogP contribution in [0.5, 0.6) is 5.75 Å². The van der Waals surface area contributed by atoms with Gasteiger partial charge in [-0.15, -0.1) is 0 Å². The van der Waals surface area contributed by atoms with Crippen molar-refractivity contribution in [2.45, 2.75) is 39.1 Å². The molecule has 146 valence electrons. The first kappa shape index (κ1) is 18.7. The molecule has 1 N–H and O–H groups in total. The molecule has 3 aromatic rings. The van der Waals surface area contributed by atoms with Gasteiger partial charge in [0.25, 0.3) is 0 Å². The van der Waals surface area contributed by atoms with Crippen molar-refractivity contribution in [3.8, 4) is 17.0 Å². The van der Waals surface area contributed by atoms with Crippen LogP contribution in [0.2, 0.25) is 0 Å². The van der Waals surface area contributed by atoms with E-state index in [1.165, 1.54) is 11.3 Å². The summed E-state index contributed by atoms with van der Waals surface area (Å²) in [6.07, 6.45) is 1.29. The highest BCUT2D eigenvalue weighted by atomic mass is 16.5. The van der Waals surface area contributed by atoms with Crippen molar-refractivity contribution in [3.63, 3.8) is 0 Å². The molecule has 4 rings (SSSR count). The van der Waals surface area contributed by atoms with Gasteiger partial charge in [0.05, 0.1) is 5.69 Å². The average Bonchev–Trinajstić information content (AvgIpc) is 3.11. The summed E-state index contributed by atoms with van der Waals surface area (Å²) in [5, 5.41) is 15.6. The van der Waals surface area contributed by atoms with E-state index in [9.17, 15) is 5.11 Å². The molecular formula is C23H27N3O2. The van der Waals surface area contributed by atoms with Crippen LogP contribution in [0, 0.1) is 0 Å². The third-order valence-electron chi connectivity index (χ3n) is 5.21. The van der Waals surface area contributed by atoms with Crippen LogP contribution in [-0.2, 0) is 19.5 Å². The lowest BCUT2D eigenvalue weighted by atomic mass is 10.0. The number of aryl methyl sites for hydroxylation is 1. The van der Waals surface area contributed by atoms with Gasteiger partial charge in [-0.05, 0) is 18.6 Å². The van der Waals surface area contributed by atoms with Crippen LogP contribution in [-0.4, -0.2) is 39.2 Å². The molecule has 5 nitrogen and oxygen atoms in total. The van der Waals surface area contributed by atoms with Gasteiger partial charge in [-0.3, -0.25) is 9.58 Å². The van der Waals surface area contributed by atoms with Gasteiger partial charge in [-0.25, -0.2) is 0 Å². The molecule has 2 heterocycles. The number of para-hydroxylation sites is 1. The van der Waals surface area contributed by atoms with Crippen molar-refractivity contribution in [2.24, 2.45) is 0 Å². The number of aromatic nitrogens is 2. The lowest BCUT2D eigenvalue weighted by molar-refractivity contribution is -0.0356. The van der Waals surface area contributed by atoms with E-state index in [4.69, 9.17) is 9.84 Å². The number of aliphatic hydroxyl groups excluding tert-OH is 1. The number of hydrogen-bond donors (Lipinski definition) is 1. The molecule has 0 fully saturated rings. The van der Waals surface area contributed by atoms with Crippen LogP contribution in [0.3, 0.4) is 0 Å². The van der Waals surface area contributed by atoms with Crippen LogP contribution in [0.15, 0.2) is 60.7 Å². The molecule has 0 bridgehead atoms.